The molecule has 1 amide bonds. The zero-order chi connectivity index (χ0) is 24.7. The van der Waals surface area contributed by atoms with Crippen LogP contribution in [0.2, 0.25) is 0 Å². The molecule has 6 rings (SSSR count). The fourth-order valence-corrected chi connectivity index (χ4v) is 8.15. The molecule has 2 aromatic rings. The van der Waals surface area contributed by atoms with Crippen molar-refractivity contribution < 1.29 is 4.79 Å². The van der Waals surface area contributed by atoms with Crippen LogP contribution in [0.25, 0.3) is 0 Å². The van der Waals surface area contributed by atoms with Gasteiger partial charge in [-0.15, -0.1) is 0 Å². The van der Waals surface area contributed by atoms with E-state index in [9.17, 15) is 4.79 Å². The highest BCUT2D eigenvalue weighted by atomic mass is 16.2. The summed E-state index contributed by atoms with van der Waals surface area (Å²) in [5.74, 6) is 1.47. The molecule has 4 fully saturated rings. The van der Waals surface area contributed by atoms with Gasteiger partial charge in [-0.1, -0.05) is 62.4 Å². The van der Waals surface area contributed by atoms with Crippen molar-refractivity contribution in [1.82, 2.24) is 19.6 Å². The number of hydrogen-bond donors (Lipinski definition) is 0. The van der Waals surface area contributed by atoms with Gasteiger partial charge in [0.2, 0.25) is 0 Å². The lowest BCUT2D eigenvalue weighted by Crippen LogP contribution is -2.35. The average molecular weight is 489 g/mol. The summed E-state index contributed by atoms with van der Waals surface area (Å²) in [5, 5.41) is 4.87. The molecular formula is C31H44N4O. The lowest BCUT2D eigenvalue weighted by atomic mass is 9.76. The number of fused-ring (bicyclic) bond motifs is 1. The van der Waals surface area contributed by atoms with Gasteiger partial charge in [0, 0.05) is 31.9 Å². The molecule has 2 unspecified atom stereocenters. The first-order valence-electron chi connectivity index (χ1n) is 14.7. The van der Waals surface area contributed by atoms with E-state index in [1.165, 1.54) is 70.8 Å². The maximum atomic E-state index is 13.7. The first-order valence-corrected chi connectivity index (χ1v) is 14.7. The van der Waals surface area contributed by atoms with Gasteiger partial charge in [-0.05, 0) is 75.3 Å². The Labute approximate surface area is 217 Å². The molecule has 1 aromatic carbocycles. The largest absolute Gasteiger partial charge is 0.338 e. The Balaban J connectivity index is 1.07. The molecule has 2 aliphatic carbocycles. The smallest absolute Gasteiger partial charge is 0.257 e. The molecule has 2 atom stereocenters. The third-order valence-electron chi connectivity index (χ3n) is 10.2. The second kappa shape index (κ2) is 9.96. The quantitative estimate of drug-likeness (QED) is 0.507. The highest BCUT2D eigenvalue weighted by Gasteiger charge is 2.43. The number of carbonyl (C=O) groups is 1. The van der Waals surface area contributed by atoms with Crippen molar-refractivity contribution >= 4 is 5.91 Å². The predicted molar refractivity (Wildman–Crippen MR) is 144 cm³/mol. The molecule has 0 radical (unpaired) electrons. The molecule has 36 heavy (non-hydrogen) atoms. The number of aryl methyl sites for hydroxylation is 1. The second-order valence-electron chi connectivity index (χ2n) is 12.4. The third-order valence-corrected chi connectivity index (χ3v) is 10.2. The summed E-state index contributed by atoms with van der Waals surface area (Å²) < 4.78 is 2.19. The van der Waals surface area contributed by atoms with Crippen LogP contribution < -0.4 is 0 Å². The third kappa shape index (κ3) is 4.42. The van der Waals surface area contributed by atoms with Crippen LogP contribution in [0, 0.1) is 25.7 Å². The molecule has 4 aliphatic rings. The summed E-state index contributed by atoms with van der Waals surface area (Å²) in [6.45, 7) is 9.48. The molecule has 0 bridgehead atoms. The number of carbonyl (C=O) groups excluding carboxylic acids is 1. The Kier molecular flexibility index (Phi) is 6.70. The van der Waals surface area contributed by atoms with Crippen molar-refractivity contribution in [3.05, 3.63) is 52.8 Å². The summed E-state index contributed by atoms with van der Waals surface area (Å²) in [5.41, 5.74) is 4.83. The molecule has 194 valence electrons. The van der Waals surface area contributed by atoms with Crippen LogP contribution in [-0.2, 0) is 5.41 Å². The molecule has 5 nitrogen and oxygen atoms in total. The van der Waals surface area contributed by atoms with Crippen molar-refractivity contribution in [2.24, 2.45) is 11.8 Å². The van der Waals surface area contributed by atoms with Crippen molar-refractivity contribution in [3.63, 3.8) is 0 Å². The fourth-order valence-electron chi connectivity index (χ4n) is 8.15. The van der Waals surface area contributed by atoms with Gasteiger partial charge in [0.05, 0.1) is 17.3 Å². The first kappa shape index (κ1) is 24.2. The van der Waals surface area contributed by atoms with Gasteiger partial charge in [0.1, 0.15) is 0 Å². The lowest BCUT2D eigenvalue weighted by Gasteiger charge is -2.32. The van der Waals surface area contributed by atoms with Crippen LogP contribution in [-0.4, -0.2) is 58.2 Å². The predicted octanol–water partition coefficient (Wildman–Crippen LogP) is 5.91. The summed E-state index contributed by atoms with van der Waals surface area (Å²) in [6.07, 6.45) is 13.0. The minimum Gasteiger partial charge on any atom is -0.338 e. The van der Waals surface area contributed by atoms with E-state index < -0.39 is 0 Å². The van der Waals surface area contributed by atoms with E-state index in [1.54, 1.807) is 5.56 Å². The van der Waals surface area contributed by atoms with Crippen molar-refractivity contribution in [3.8, 4) is 0 Å². The lowest BCUT2D eigenvalue weighted by molar-refractivity contribution is 0.0771. The van der Waals surface area contributed by atoms with Crippen molar-refractivity contribution in [2.45, 2.75) is 89.5 Å². The number of rotatable bonds is 6. The van der Waals surface area contributed by atoms with Gasteiger partial charge in [-0.2, -0.15) is 5.10 Å². The molecular weight excluding hydrogens is 444 g/mol. The molecule has 2 saturated heterocycles. The van der Waals surface area contributed by atoms with E-state index in [4.69, 9.17) is 5.10 Å². The van der Waals surface area contributed by atoms with Crippen molar-refractivity contribution in [2.75, 3.05) is 32.7 Å². The SMILES string of the molecule is Cc1nn(C2CCCCC2)c(C)c1C(=O)N1CC2CN(CCC3(c4ccccc4)CCCC3)CC2C1. The summed E-state index contributed by atoms with van der Waals surface area (Å²) in [4.78, 5) is 18.5. The van der Waals surface area contributed by atoms with E-state index in [0.717, 1.165) is 43.1 Å². The summed E-state index contributed by atoms with van der Waals surface area (Å²) in [7, 11) is 0. The maximum absolute atomic E-state index is 13.7. The Bertz CT molecular complexity index is 1050. The summed E-state index contributed by atoms with van der Waals surface area (Å²) in [6, 6.07) is 11.8. The van der Waals surface area contributed by atoms with Crippen LogP contribution in [0.15, 0.2) is 30.3 Å². The van der Waals surface area contributed by atoms with E-state index >= 15 is 0 Å². The van der Waals surface area contributed by atoms with E-state index in [1.807, 2.05) is 6.92 Å². The average Bonchev–Trinajstić information content (AvgIpc) is 3.67. The highest BCUT2D eigenvalue weighted by molar-refractivity contribution is 5.96. The van der Waals surface area contributed by atoms with E-state index in [2.05, 4.69) is 51.7 Å². The number of aromatic nitrogens is 2. The number of hydrogen-bond acceptors (Lipinski definition) is 3. The Morgan fingerprint density at radius 3 is 2.25 bits per heavy atom. The first-order chi connectivity index (χ1) is 17.5. The molecule has 3 heterocycles. The molecule has 2 saturated carbocycles. The molecule has 0 spiro atoms. The van der Waals surface area contributed by atoms with Crippen LogP contribution in [0.3, 0.4) is 0 Å². The van der Waals surface area contributed by atoms with E-state index in [-0.39, 0.29) is 5.91 Å². The van der Waals surface area contributed by atoms with Crippen LogP contribution in [0.1, 0.15) is 97.6 Å². The molecule has 2 aliphatic heterocycles. The molecule has 0 N–H and O–H groups in total. The van der Waals surface area contributed by atoms with E-state index in [0.29, 0.717) is 23.3 Å². The molecule has 5 heteroatoms. The second-order valence-corrected chi connectivity index (χ2v) is 12.4. The Morgan fingerprint density at radius 2 is 1.58 bits per heavy atom. The minimum atomic E-state index is 0.224. The maximum Gasteiger partial charge on any atom is 0.257 e. The van der Waals surface area contributed by atoms with Gasteiger partial charge < -0.3 is 9.80 Å². The van der Waals surface area contributed by atoms with Crippen molar-refractivity contribution in [1.29, 1.82) is 0 Å². The van der Waals surface area contributed by atoms with Crippen LogP contribution in [0.5, 0.6) is 0 Å². The van der Waals surface area contributed by atoms with Crippen LogP contribution >= 0.6 is 0 Å². The fraction of sp³-hybridized carbons (Fsp3) is 0.677. The van der Waals surface area contributed by atoms with Gasteiger partial charge in [0.15, 0.2) is 0 Å². The monoisotopic (exact) mass is 488 g/mol. The Hall–Kier alpha value is -2.14. The van der Waals surface area contributed by atoms with Gasteiger partial charge in [-0.25, -0.2) is 0 Å². The standard InChI is InChI=1S/C31H44N4O/c1-23-29(24(2)35(32-23)28-13-7-4-8-14-28)30(36)34-21-25-19-33(20-26(25)22-34)18-17-31(15-9-10-16-31)27-11-5-3-6-12-27/h3,5-6,11-12,25-26,28H,4,7-10,13-22H2,1-2H3. The number of benzene rings is 1. The van der Waals surface area contributed by atoms with Gasteiger partial charge in [0.25, 0.3) is 5.91 Å². The van der Waals surface area contributed by atoms with Gasteiger partial charge in [-0.3, -0.25) is 9.48 Å². The number of nitrogens with zero attached hydrogens (tertiary/aromatic N) is 4. The highest BCUT2D eigenvalue weighted by Crippen LogP contribution is 2.44. The van der Waals surface area contributed by atoms with Gasteiger partial charge >= 0.3 is 0 Å². The topological polar surface area (TPSA) is 41.4 Å². The molecule has 1 aromatic heterocycles. The number of likely N-dealkylation sites (tertiary alicyclic amines) is 2. The van der Waals surface area contributed by atoms with Crippen LogP contribution in [0.4, 0.5) is 0 Å². The number of amides is 1. The zero-order valence-corrected chi connectivity index (χ0v) is 22.4. The normalized spacial score (nSPS) is 26.6. The minimum absolute atomic E-state index is 0.224. The Morgan fingerprint density at radius 1 is 0.917 bits per heavy atom. The summed E-state index contributed by atoms with van der Waals surface area (Å²) >= 11 is 0. The zero-order valence-electron chi connectivity index (χ0n) is 22.4.